The van der Waals surface area contributed by atoms with Crippen LogP contribution in [0.25, 0.3) is 0 Å². The monoisotopic (exact) mass is 338 g/mol. The Bertz CT molecular complexity index is 669. The van der Waals surface area contributed by atoms with E-state index >= 15 is 0 Å². The zero-order chi connectivity index (χ0) is 16.2. The molecule has 1 aromatic heterocycles. The molecule has 6 heteroatoms. The Hall–Kier alpha value is -1.26. The molecule has 0 bridgehead atoms. The summed E-state index contributed by atoms with van der Waals surface area (Å²) in [5.74, 6) is -0.244. The SMILES string of the molecule is CCOP(=O)(c1ccccc1)[C@@](O)(CC(C)=O)c1cccs1. The molecule has 2 rings (SSSR count). The number of aliphatic hydroxyl groups is 1. The standard InChI is InChI=1S/C16H19O4PS/c1-3-20-21(19,14-8-5-4-6-9-14)16(18,12-13(2)17)15-10-7-11-22-15/h4-11,18H,3,12H2,1-2H3/t16-,21?/m0/s1. The van der Waals surface area contributed by atoms with Crippen LogP contribution >= 0.6 is 18.7 Å². The van der Waals surface area contributed by atoms with Gasteiger partial charge in [-0.2, -0.15) is 0 Å². The first-order chi connectivity index (χ1) is 10.4. The summed E-state index contributed by atoms with van der Waals surface area (Å²) in [6.45, 7) is 3.27. The maximum Gasteiger partial charge on any atom is 0.268 e. The number of ketones is 1. The van der Waals surface area contributed by atoms with Crippen molar-refractivity contribution in [3.8, 4) is 0 Å². The number of carbonyl (C=O) groups excluding carboxylic acids is 1. The molecule has 2 atom stereocenters. The van der Waals surface area contributed by atoms with Crippen molar-refractivity contribution in [2.75, 3.05) is 6.61 Å². The minimum Gasteiger partial charge on any atom is -0.374 e. The Balaban J connectivity index is 2.65. The molecule has 0 amide bonds. The predicted molar refractivity (Wildman–Crippen MR) is 88.8 cm³/mol. The lowest BCUT2D eigenvalue weighted by atomic mass is 10.1. The Morgan fingerprint density at radius 2 is 1.95 bits per heavy atom. The minimum absolute atomic E-state index is 0.178. The predicted octanol–water partition coefficient (Wildman–Crippen LogP) is 3.51. The van der Waals surface area contributed by atoms with Crippen LogP contribution in [0, 0.1) is 0 Å². The van der Waals surface area contributed by atoms with Crippen LogP contribution in [-0.4, -0.2) is 17.5 Å². The van der Waals surface area contributed by atoms with Crippen LogP contribution in [0.2, 0.25) is 0 Å². The highest BCUT2D eigenvalue weighted by Gasteiger charge is 2.52. The van der Waals surface area contributed by atoms with Crippen LogP contribution in [-0.2, 0) is 19.2 Å². The van der Waals surface area contributed by atoms with E-state index in [1.165, 1.54) is 18.3 Å². The fourth-order valence-corrected chi connectivity index (χ4v) is 6.14. The molecule has 0 spiro atoms. The highest BCUT2D eigenvalue weighted by atomic mass is 32.1. The number of benzene rings is 1. The lowest BCUT2D eigenvalue weighted by Gasteiger charge is -2.34. The van der Waals surface area contributed by atoms with Crippen molar-refractivity contribution in [2.24, 2.45) is 0 Å². The summed E-state index contributed by atoms with van der Waals surface area (Å²) in [6, 6.07) is 12.0. The molecule has 0 aliphatic rings. The van der Waals surface area contributed by atoms with Crippen molar-refractivity contribution in [3.63, 3.8) is 0 Å². The molecule has 0 fully saturated rings. The molecule has 0 saturated carbocycles. The van der Waals surface area contributed by atoms with Gasteiger partial charge in [-0.1, -0.05) is 24.3 Å². The van der Waals surface area contributed by atoms with Gasteiger partial charge in [-0.3, -0.25) is 9.36 Å². The summed E-state index contributed by atoms with van der Waals surface area (Å²) in [5, 5.41) is 11.6. The maximum atomic E-state index is 13.7. The summed E-state index contributed by atoms with van der Waals surface area (Å²) in [4.78, 5) is 12.2. The molecule has 4 nitrogen and oxygen atoms in total. The third-order valence-corrected chi connectivity index (χ3v) is 7.45. The zero-order valence-electron chi connectivity index (χ0n) is 12.6. The maximum absolute atomic E-state index is 13.7. The normalized spacial score (nSPS) is 16.7. The van der Waals surface area contributed by atoms with E-state index in [4.69, 9.17) is 4.52 Å². The van der Waals surface area contributed by atoms with Crippen LogP contribution in [0.5, 0.6) is 0 Å². The van der Waals surface area contributed by atoms with E-state index in [-0.39, 0.29) is 18.8 Å². The van der Waals surface area contributed by atoms with Gasteiger partial charge < -0.3 is 9.63 Å². The van der Waals surface area contributed by atoms with Gasteiger partial charge >= 0.3 is 0 Å². The van der Waals surface area contributed by atoms with Crippen molar-refractivity contribution in [1.82, 2.24) is 0 Å². The van der Waals surface area contributed by atoms with Gasteiger partial charge in [0.15, 0.2) is 5.34 Å². The Morgan fingerprint density at radius 1 is 1.27 bits per heavy atom. The van der Waals surface area contributed by atoms with Gasteiger partial charge in [-0.25, -0.2) is 0 Å². The fourth-order valence-electron chi connectivity index (χ4n) is 2.39. The van der Waals surface area contributed by atoms with Crippen molar-refractivity contribution in [3.05, 3.63) is 52.7 Å². The molecular formula is C16H19O4PS. The molecule has 0 saturated heterocycles. The smallest absolute Gasteiger partial charge is 0.268 e. The van der Waals surface area contributed by atoms with Gasteiger partial charge in [0.05, 0.1) is 6.61 Å². The topological polar surface area (TPSA) is 63.6 Å². The molecule has 0 aliphatic heterocycles. The van der Waals surface area contributed by atoms with E-state index in [1.807, 2.05) is 0 Å². The van der Waals surface area contributed by atoms with Gasteiger partial charge in [0.2, 0.25) is 0 Å². The van der Waals surface area contributed by atoms with Crippen molar-refractivity contribution < 1.29 is 19.0 Å². The summed E-state index contributed by atoms with van der Waals surface area (Å²) in [6.07, 6.45) is -0.250. The Kier molecular flexibility index (Phi) is 5.35. The van der Waals surface area contributed by atoms with Gasteiger partial charge in [0.25, 0.3) is 7.37 Å². The molecule has 1 heterocycles. The second-order valence-electron chi connectivity index (χ2n) is 4.98. The molecule has 118 valence electrons. The average Bonchev–Trinajstić information content (AvgIpc) is 3.02. The molecule has 1 unspecified atom stereocenters. The number of hydrogen-bond donors (Lipinski definition) is 1. The number of hydrogen-bond acceptors (Lipinski definition) is 5. The lowest BCUT2D eigenvalue weighted by molar-refractivity contribution is -0.120. The van der Waals surface area contributed by atoms with Crippen LogP contribution in [0.15, 0.2) is 47.8 Å². The number of Topliss-reactive ketones (excluding diaryl/α,β-unsaturated/α-hetero) is 1. The average molecular weight is 338 g/mol. The minimum atomic E-state index is -3.69. The van der Waals surface area contributed by atoms with Gasteiger partial charge in [-0.15, -0.1) is 11.3 Å². The second-order valence-corrected chi connectivity index (χ2v) is 8.54. The summed E-state index contributed by atoms with van der Waals surface area (Å²) < 4.78 is 19.2. The van der Waals surface area contributed by atoms with Crippen LogP contribution < -0.4 is 5.30 Å². The number of carbonyl (C=O) groups is 1. The molecular weight excluding hydrogens is 319 g/mol. The molecule has 22 heavy (non-hydrogen) atoms. The van der Waals surface area contributed by atoms with Crippen LogP contribution in [0.3, 0.4) is 0 Å². The van der Waals surface area contributed by atoms with Crippen LogP contribution in [0.1, 0.15) is 25.1 Å². The largest absolute Gasteiger partial charge is 0.374 e. The third kappa shape index (κ3) is 3.08. The summed E-state index contributed by atoms with van der Waals surface area (Å²) >= 11 is 1.26. The van der Waals surface area contributed by atoms with Gasteiger partial charge in [-0.05, 0) is 37.4 Å². The van der Waals surface area contributed by atoms with Crippen LogP contribution in [0.4, 0.5) is 0 Å². The molecule has 0 aliphatic carbocycles. The zero-order valence-corrected chi connectivity index (χ0v) is 14.3. The first-order valence-electron chi connectivity index (χ1n) is 7.00. The third-order valence-electron chi connectivity index (χ3n) is 3.31. The molecule has 1 aromatic carbocycles. The molecule has 1 N–H and O–H groups in total. The molecule has 2 aromatic rings. The quantitative estimate of drug-likeness (QED) is 0.785. The lowest BCUT2D eigenvalue weighted by Crippen LogP contribution is -2.33. The van der Waals surface area contributed by atoms with E-state index in [2.05, 4.69) is 0 Å². The summed E-state index contributed by atoms with van der Waals surface area (Å²) in [7, 11) is -3.69. The highest BCUT2D eigenvalue weighted by molar-refractivity contribution is 7.68. The summed E-state index contributed by atoms with van der Waals surface area (Å²) in [5.41, 5.74) is 0. The Labute approximate surface area is 134 Å². The Morgan fingerprint density at radius 3 is 2.45 bits per heavy atom. The fraction of sp³-hybridized carbons (Fsp3) is 0.312. The molecule has 0 radical (unpaired) electrons. The van der Waals surface area contributed by atoms with Gasteiger partial charge in [0, 0.05) is 16.6 Å². The van der Waals surface area contributed by atoms with E-state index in [0.29, 0.717) is 10.2 Å². The van der Waals surface area contributed by atoms with E-state index in [1.54, 1.807) is 54.8 Å². The van der Waals surface area contributed by atoms with Crippen molar-refractivity contribution in [1.29, 1.82) is 0 Å². The van der Waals surface area contributed by atoms with Gasteiger partial charge in [0.1, 0.15) is 5.78 Å². The second kappa shape index (κ2) is 6.88. The highest BCUT2D eigenvalue weighted by Crippen LogP contribution is 2.64. The van der Waals surface area contributed by atoms with Crippen molar-refractivity contribution >= 4 is 29.8 Å². The first kappa shape index (κ1) is 17.1. The van der Waals surface area contributed by atoms with E-state index < -0.39 is 12.7 Å². The van der Waals surface area contributed by atoms with E-state index in [9.17, 15) is 14.5 Å². The number of thiophene rings is 1. The van der Waals surface area contributed by atoms with Crippen molar-refractivity contribution in [2.45, 2.75) is 25.6 Å². The van der Waals surface area contributed by atoms with E-state index in [0.717, 1.165) is 0 Å². The number of rotatable bonds is 7. The first-order valence-corrected chi connectivity index (χ1v) is 9.50.